The summed E-state index contributed by atoms with van der Waals surface area (Å²) in [5.74, 6) is -1.44. The topological polar surface area (TPSA) is 88.8 Å². The van der Waals surface area contributed by atoms with E-state index in [1.807, 2.05) is 43.3 Å². The molecule has 1 atom stereocenters. The molecule has 0 radical (unpaired) electrons. The van der Waals surface area contributed by atoms with Crippen LogP contribution in [0.25, 0.3) is 21.7 Å². The summed E-state index contributed by atoms with van der Waals surface area (Å²) in [6.45, 7) is 1.81. The summed E-state index contributed by atoms with van der Waals surface area (Å²) in [7, 11) is 1.59. The van der Waals surface area contributed by atoms with Crippen molar-refractivity contribution in [1.82, 2.24) is 5.32 Å². The van der Waals surface area contributed by atoms with Gasteiger partial charge in [-0.05, 0) is 31.6 Å². The van der Waals surface area contributed by atoms with Gasteiger partial charge in [0.15, 0.2) is 5.76 Å². The number of furan rings is 1. The number of carbonyl (C=O) groups is 2. The van der Waals surface area contributed by atoms with Crippen molar-refractivity contribution in [2.45, 2.75) is 44.2 Å². The number of benzene rings is 2. The summed E-state index contributed by atoms with van der Waals surface area (Å²) >= 11 is 0. The Morgan fingerprint density at radius 1 is 1.21 bits per heavy atom. The largest absolute Gasteiger partial charge is 0.480 e. The molecule has 2 aromatic carbocycles. The van der Waals surface area contributed by atoms with Gasteiger partial charge in [0.25, 0.3) is 5.91 Å². The maximum Gasteiger partial charge on any atom is 0.326 e. The molecule has 0 saturated heterocycles. The molecule has 6 nitrogen and oxygen atoms in total. The zero-order valence-corrected chi connectivity index (χ0v) is 16.0. The molecule has 4 rings (SSSR count). The number of nitrogens with one attached hydrogen (secondary N) is 1. The van der Waals surface area contributed by atoms with Crippen molar-refractivity contribution < 1.29 is 23.8 Å². The van der Waals surface area contributed by atoms with Crippen molar-refractivity contribution in [2.24, 2.45) is 0 Å². The van der Waals surface area contributed by atoms with Gasteiger partial charge in [-0.25, -0.2) is 4.79 Å². The maximum atomic E-state index is 12.9. The molecule has 1 saturated carbocycles. The Labute approximate surface area is 162 Å². The van der Waals surface area contributed by atoms with Crippen molar-refractivity contribution in [3.63, 3.8) is 0 Å². The van der Waals surface area contributed by atoms with Gasteiger partial charge in [0, 0.05) is 29.9 Å². The highest BCUT2D eigenvalue weighted by Crippen LogP contribution is 2.39. The second-order valence-electron chi connectivity index (χ2n) is 7.53. The summed E-state index contributed by atoms with van der Waals surface area (Å²) in [6.07, 6.45) is 2.86. The summed E-state index contributed by atoms with van der Waals surface area (Å²) in [5.41, 5.74) is 0.877. The van der Waals surface area contributed by atoms with Gasteiger partial charge in [0.2, 0.25) is 0 Å². The Kier molecular flexibility index (Phi) is 4.59. The molecule has 1 unspecified atom stereocenters. The maximum absolute atomic E-state index is 12.9. The first-order valence-electron chi connectivity index (χ1n) is 9.44. The van der Waals surface area contributed by atoms with E-state index in [1.54, 1.807) is 7.11 Å². The molecule has 1 aliphatic carbocycles. The summed E-state index contributed by atoms with van der Waals surface area (Å²) in [6, 6.07) is 10.7. The first-order valence-corrected chi connectivity index (χ1v) is 9.44. The van der Waals surface area contributed by atoms with E-state index in [2.05, 4.69) is 5.32 Å². The molecular weight excluding hydrogens is 358 g/mol. The van der Waals surface area contributed by atoms with Gasteiger partial charge in [0.1, 0.15) is 11.6 Å². The molecule has 146 valence electrons. The number of rotatable bonds is 6. The third kappa shape index (κ3) is 3.03. The van der Waals surface area contributed by atoms with E-state index in [1.165, 1.54) is 0 Å². The highest BCUT2D eigenvalue weighted by Gasteiger charge is 2.41. The number of aryl methyl sites for hydroxylation is 1. The molecule has 2 N–H and O–H groups in total. The lowest BCUT2D eigenvalue weighted by atomic mass is 9.75. The number of hydrogen-bond donors (Lipinski definition) is 2. The fourth-order valence-electron chi connectivity index (χ4n) is 4.02. The van der Waals surface area contributed by atoms with Crippen LogP contribution in [0.2, 0.25) is 0 Å². The molecular formula is C22H23NO5. The summed E-state index contributed by atoms with van der Waals surface area (Å²) in [4.78, 5) is 24.6. The lowest BCUT2D eigenvalue weighted by Crippen LogP contribution is -2.50. The van der Waals surface area contributed by atoms with Crippen LogP contribution in [0.1, 0.15) is 41.8 Å². The van der Waals surface area contributed by atoms with Crippen LogP contribution in [0, 0.1) is 6.92 Å². The molecule has 1 aromatic heterocycles. The predicted octanol–water partition coefficient (Wildman–Crippen LogP) is 4.04. The van der Waals surface area contributed by atoms with Crippen LogP contribution < -0.4 is 5.32 Å². The average Bonchev–Trinajstić information content (AvgIpc) is 3.00. The van der Waals surface area contributed by atoms with Gasteiger partial charge >= 0.3 is 5.97 Å². The Morgan fingerprint density at radius 3 is 2.61 bits per heavy atom. The lowest BCUT2D eigenvalue weighted by molar-refractivity contribution is -0.144. The lowest BCUT2D eigenvalue weighted by Gasteiger charge is -2.42. The SMILES string of the molecule is COC1(CC(NC(=O)c2oc3c(ccc4ccccc43)c2C)C(=O)O)CCC1. The number of carboxylic acids is 1. The van der Waals surface area contributed by atoms with E-state index < -0.39 is 23.5 Å². The number of methoxy groups -OCH3 is 1. The molecule has 28 heavy (non-hydrogen) atoms. The van der Waals surface area contributed by atoms with Crippen LogP contribution in [0.15, 0.2) is 40.8 Å². The van der Waals surface area contributed by atoms with E-state index in [0.717, 1.165) is 35.4 Å². The number of amides is 1. The standard InChI is InChI=1S/C22H23NO5/c1-13-15-9-8-14-6-3-4-7-16(14)19(15)28-18(13)20(24)23-17(21(25)26)12-22(27-2)10-5-11-22/h3-4,6-9,17H,5,10-12H2,1-2H3,(H,23,24)(H,25,26). The van der Waals surface area contributed by atoms with E-state index >= 15 is 0 Å². The van der Waals surface area contributed by atoms with Gasteiger partial charge < -0.3 is 19.6 Å². The molecule has 1 fully saturated rings. The predicted molar refractivity (Wildman–Crippen MR) is 106 cm³/mol. The van der Waals surface area contributed by atoms with Gasteiger partial charge in [-0.2, -0.15) is 0 Å². The quantitative estimate of drug-likeness (QED) is 0.673. The molecule has 0 spiro atoms. The third-order valence-electron chi connectivity index (χ3n) is 5.91. The van der Waals surface area contributed by atoms with Gasteiger partial charge in [0.05, 0.1) is 5.60 Å². The highest BCUT2D eigenvalue weighted by molar-refractivity contribution is 6.09. The molecule has 1 heterocycles. The Morgan fingerprint density at radius 2 is 1.96 bits per heavy atom. The second-order valence-corrected chi connectivity index (χ2v) is 7.53. The molecule has 3 aromatic rings. The van der Waals surface area contributed by atoms with Crippen LogP contribution >= 0.6 is 0 Å². The monoisotopic (exact) mass is 381 g/mol. The number of carboxylic acid groups (broad SMARTS) is 1. The van der Waals surface area contributed by atoms with Crippen molar-refractivity contribution in [1.29, 1.82) is 0 Å². The Hall–Kier alpha value is -2.86. The minimum absolute atomic E-state index is 0.151. The van der Waals surface area contributed by atoms with E-state index in [-0.39, 0.29) is 12.2 Å². The van der Waals surface area contributed by atoms with Crippen LogP contribution in [-0.2, 0) is 9.53 Å². The van der Waals surface area contributed by atoms with Crippen LogP contribution in [-0.4, -0.2) is 35.7 Å². The molecule has 0 aliphatic heterocycles. The smallest absolute Gasteiger partial charge is 0.326 e. The number of ether oxygens (including phenoxy) is 1. The Bertz CT molecular complexity index is 1060. The van der Waals surface area contributed by atoms with E-state index in [9.17, 15) is 14.7 Å². The number of aliphatic carboxylic acids is 1. The van der Waals surface area contributed by atoms with Gasteiger partial charge in [-0.15, -0.1) is 0 Å². The molecule has 6 heteroatoms. The first kappa shape index (κ1) is 18.5. The number of hydrogen-bond acceptors (Lipinski definition) is 4. The number of carbonyl (C=O) groups excluding carboxylic acids is 1. The van der Waals surface area contributed by atoms with Crippen LogP contribution in [0.4, 0.5) is 0 Å². The van der Waals surface area contributed by atoms with Crippen molar-refractivity contribution >= 4 is 33.6 Å². The van der Waals surface area contributed by atoms with Gasteiger partial charge in [-0.3, -0.25) is 4.79 Å². The zero-order valence-electron chi connectivity index (χ0n) is 16.0. The summed E-state index contributed by atoms with van der Waals surface area (Å²) in [5, 5.41) is 15.0. The first-order chi connectivity index (χ1) is 13.4. The highest BCUT2D eigenvalue weighted by atomic mass is 16.5. The van der Waals surface area contributed by atoms with E-state index in [0.29, 0.717) is 11.1 Å². The third-order valence-corrected chi connectivity index (χ3v) is 5.91. The minimum atomic E-state index is -1.07. The molecule has 1 amide bonds. The zero-order chi connectivity index (χ0) is 19.9. The van der Waals surface area contributed by atoms with Crippen molar-refractivity contribution in [3.8, 4) is 0 Å². The van der Waals surface area contributed by atoms with Crippen LogP contribution in [0.5, 0.6) is 0 Å². The number of fused-ring (bicyclic) bond motifs is 3. The second kappa shape index (κ2) is 6.95. The van der Waals surface area contributed by atoms with E-state index in [4.69, 9.17) is 9.15 Å². The summed E-state index contributed by atoms with van der Waals surface area (Å²) < 4.78 is 11.4. The van der Waals surface area contributed by atoms with Crippen molar-refractivity contribution in [2.75, 3.05) is 7.11 Å². The van der Waals surface area contributed by atoms with Crippen molar-refractivity contribution in [3.05, 3.63) is 47.7 Å². The van der Waals surface area contributed by atoms with Crippen LogP contribution in [0.3, 0.4) is 0 Å². The fraction of sp³-hybridized carbons (Fsp3) is 0.364. The molecule has 1 aliphatic rings. The fourth-order valence-corrected chi connectivity index (χ4v) is 4.02. The normalized spacial score (nSPS) is 16.6. The Balaban J connectivity index is 1.65. The average molecular weight is 381 g/mol. The van der Waals surface area contributed by atoms with Gasteiger partial charge in [-0.1, -0.05) is 36.4 Å². The minimum Gasteiger partial charge on any atom is -0.480 e. The molecule has 0 bridgehead atoms.